The average Bonchev–Trinajstić information content (AvgIpc) is 3.04. The van der Waals surface area contributed by atoms with Crippen LogP contribution in [0.1, 0.15) is 5.76 Å². The minimum Gasteiger partial charge on any atom is -0.401 e. The Morgan fingerprint density at radius 1 is 1.52 bits per heavy atom. The van der Waals surface area contributed by atoms with Crippen molar-refractivity contribution in [3.8, 4) is 0 Å². The predicted octanol–water partition coefficient (Wildman–Crippen LogP) is 3.63. The molecule has 108 valence electrons. The zero-order chi connectivity index (χ0) is 15.2. The number of aliphatic imine (C=N–C) groups is 1. The van der Waals surface area contributed by atoms with Crippen molar-refractivity contribution in [3.05, 3.63) is 58.5 Å². The summed E-state index contributed by atoms with van der Waals surface area (Å²) in [5, 5.41) is 10.3. The normalized spacial score (nSPS) is 16.7. The molecule has 0 fully saturated rings. The van der Waals surface area contributed by atoms with Crippen LogP contribution >= 0.6 is 23.5 Å². The molecule has 0 unspecified atom stereocenters. The maximum absolute atomic E-state index is 11.7. The lowest BCUT2D eigenvalue weighted by atomic mass is 10.3. The largest absolute Gasteiger partial charge is 0.433 e. The molecule has 1 aromatic heterocycles. The maximum Gasteiger partial charge on any atom is 0.433 e. The number of furan rings is 1. The number of nitrogens with zero attached hydrogens (tertiary/aromatic N) is 2. The SMILES string of the molecule is C=CCSC1=N/C(=C/C=C/c2ccc([N+](=O)[O-])o2)C(=O)S1. The third kappa shape index (κ3) is 4.20. The van der Waals surface area contributed by atoms with Gasteiger partial charge in [0.2, 0.25) is 5.12 Å². The van der Waals surface area contributed by atoms with Crippen molar-refractivity contribution in [2.24, 2.45) is 4.99 Å². The highest BCUT2D eigenvalue weighted by Gasteiger charge is 2.21. The Morgan fingerprint density at radius 2 is 2.33 bits per heavy atom. The van der Waals surface area contributed by atoms with Gasteiger partial charge in [0.1, 0.15) is 20.8 Å². The summed E-state index contributed by atoms with van der Waals surface area (Å²) in [6, 6.07) is 2.75. The Morgan fingerprint density at radius 3 is 3.00 bits per heavy atom. The Hall–Kier alpha value is -2.06. The first-order chi connectivity index (χ1) is 10.1. The number of thioether (sulfide) groups is 2. The highest BCUT2D eigenvalue weighted by atomic mass is 32.2. The third-order valence-electron chi connectivity index (χ3n) is 2.23. The highest BCUT2D eigenvalue weighted by molar-refractivity contribution is 8.45. The highest BCUT2D eigenvalue weighted by Crippen LogP contribution is 2.29. The second-order valence-electron chi connectivity index (χ2n) is 3.71. The second-order valence-corrected chi connectivity index (χ2v) is 5.94. The lowest BCUT2D eigenvalue weighted by Gasteiger charge is -1.90. The predicted molar refractivity (Wildman–Crippen MR) is 85.2 cm³/mol. The zero-order valence-corrected chi connectivity index (χ0v) is 12.4. The van der Waals surface area contributed by atoms with Crippen molar-refractivity contribution >= 4 is 45.0 Å². The van der Waals surface area contributed by atoms with Crippen LogP contribution in [0.4, 0.5) is 5.88 Å². The van der Waals surface area contributed by atoms with Gasteiger partial charge in [-0.1, -0.05) is 23.9 Å². The summed E-state index contributed by atoms with van der Waals surface area (Å²) in [5.74, 6) is 0.705. The number of allylic oxidation sites excluding steroid dienone is 2. The van der Waals surface area contributed by atoms with Crippen molar-refractivity contribution in [2.75, 3.05) is 5.75 Å². The van der Waals surface area contributed by atoms with Gasteiger partial charge >= 0.3 is 5.88 Å². The van der Waals surface area contributed by atoms with Crippen LogP contribution in [0.5, 0.6) is 0 Å². The molecular formula is C13H10N2O4S2. The Bertz CT molecular complexity index is 673. The molecule has 0 spiro atoms. The van der Waals surface area contributed by atoms with E-state index in [4.69, 9.17) is 4.42 Å². The lowest BCUT2D eigenvalue weighted by molar-refractivity contribution is -0.402. The quantitative estimate of drug-likeness (QED) is 0.356. The molecule has 0 bridgehead atoms. The van der Waals surface area contributed by atoms with Crippen LogP contribution in [0.25, 0.3) is 6.08 Å². The Kier molecular flexibility index (Phi) is 5.18. The molecule has 0 saturated carbocycles. The molecular weight excluding hydrogens is 312 g/mol. The summed E-state index contributed by atoms with van der Waals surface area (Å²) in [6.45, 7) is 3.60. The van der Waals surface area contributed by atoms with Crippen LogP contribution in [-0.4, -0.2) is 20.2 Å². The van der Waals surface area contributed by atoms with Crippen molar-refractivity contribution in [1.29, 1.82) is 0 Å². The summed E-state index contributed by atoms with van der Waals surface area (Å²) in [5.41, 5.74) is 0.337. The van der Waals surface area contributed by atoms with Crippen LogP contribution in [0, 0.1) is 10.1 Å². The minimum absolute atomic E-state index is 0.128. The van der Waals surface area contributed by atoms with Gasteiger partial charge in [-0.3, -0.25) is 14.9 Å². The van der Waals surface area contributed by atoms with Gasteiger partial charge in [0.05, 0.1) is 6.07 Å². The number of rotatable bonds is 5. The summed E-state index contributed by atoms with van der Waals surface area (Å²) in [6.07, 6.45) is 6.39. The number of carbonyl (C=O) groups is 1. The van der Waals surface area contributed by atoms with Crippen LogP contribution in [0.15, 0.2) is 52.0 Å². The summed E-state index contributed by atoms with van der Waals surface area (Å²) < 4.78 is 5.64. The smallest absolute Gasteiger partial charge is 0.401 e. The molecule has 6 nitrogen and oxygen atoms in total. The molecule has 0 saturated heterocycles. The van der Waals surface area contributed by atoms with Crippen molar-refractivity contribution in [3.63, 3.8) is 0 Å². The van der Waals surface area contributed by atoms with Gasteiger partial charge in [0.25, 0.3) is 0 Å². The number of carbonyl (C=O) groups excluding carboxylic acids is 1. The molecule has 21 heavy (non-hydrogen) atoms. The Balaban J connectivity index is 2.03. The van der Waals surface area contributed by atoms with E-state index in [2.05, 4.69) is 11.6 Å². The first kappa shape index (κ1) is 15.3. The molecule has 0 radical (unpaired) electrons. The van der Waals surface area contributed by atoms with E-state index >= 15 is 0 Å². The lowest BCUT2D eigenvalue weighted by Crippen LogP contribution is -1.87. The number of nitro groups is 1. The molecule has 0 aliphatic carbocycles. The van der Waals surface area contributed by atoms with E-state index in [0.29, 0.717) is 21.6 Å². The summed E-state index contributed by atoms with van der Waals surface area (Å²) in [4.78, 5) is 25.7. The summed E-state index contributed by atoms with van der Waals surface area (Å²) in [7, 11) is 0. The Labute approximate surface area is 128 Å². The van der Waals surface area contributed by atoms with Gasteiger partial charge in [-0.05, 0) is 30.0 Å². The molecule has 8 heteroatoms. The van der Waals surface area contributed by atoms with Gasteiger partial charge in [-0.2, -0.15) is 0 Å². The fraction of sp³-hybridized carbons (Fsp3) is 0.0769. The van der Waals surface area contributed by atoms with Gasteiger partial charge in [0, 0.05) is 5.75 Å². The summed E-state index contributed by atoms with van der Waals surface area (Å²) >= 11 is 2.52. The number of hydrogen-bond donors (Lipinski definition) is 0. The molecule has 0 N–H and O–H groups in total. The molecule has 2 rings (SSSR count). The topological polar surface area (TPSA) is 85.7 Å². The van der Waals surface area contributed by atoms with Crippen molar-refractivity contribution < 1.29 is 14.1 Å². The molecule has 2 heterocycles. The van der Waals surface area contributed by atoms with Crippen molar-refractivity contribution in [2.45, 2.75) is 0 Å². The molecule has 1 aliphatic heterocycles. The van der Waals surface area contributed by atoms with Gasteiger partial charge in [0.15, 0.2) is 0 Å². The molecule has 0 atom stereocenters. The van der Waals surface area contributed by atoms with E-state index in [0.717, 1.165) is 11.8 Å². The van der Waals surface area contributed by atoms with Crippen molar-refractivity contribution in [1.82, 2.24) is 0 Å². The molecule has 1 aromatic rings. The van der Waals surface area contributed by atoms with E-state index < -0.39 is 4.92 Å². The average molecular weight is 322 g/mol. The fourth-order valence-electron chi connectivity index (χ4n) is 1.36. The molecule has 1 aliphatic rings. The minimum atomic E-state index is -0.611. The number of hydrogen-bond acceptors (Lipinski definition) is 7. The first-order valence-corrected chi connectivity index (χ1v) is 7.57. The third-order valence-corrected chi connectivity index (χ3v) is 4.24. The van der Waals surface area contributed by atoms with E-state index in [1.165, 1.54) is 30.0 Å². The molecule has 0 aromatic carbocycles. The standard InChI is InChI=1S/C13H10N2O4S2/c1-2-8-20-13-14-10(12(16)21-13)5-3-4-9-6-7-11(19-9)15(17)18/h2-7H,1,8H2/b4-3+,10-5+. The van der Waals surface area contributed by atoms with Crippen LogP contribution in [0.3, 0.4) is 0 Å². The van der Waals surface area contributed by atoms with E-state index in [-0.39, 0.29) is 11.0 Å². The van der Waals surface area contributed by atoms with Crippen LogP contribution in [-0.2, 0) is 4.79 Å². The molecule has 0 amide bonds. The van der Waals surface area contributed by atoms with E-state index in [1.807, 2.05) is 0 Å². The fourth-order valence-corrected chi connectivity index (χ4v) is 2.97. The van der Waals surface area contributed by atoms with Gasteiger partial charge < -0.3 is 4.42 Å². The van der Waals surface area contributed by atoms with Gasteiger partial charge in [-0.25, -0.2) is 4.99 Å². The monoisotopic (exact) mass is 322 g/mol. The van der Waals surface area contributed by atoms with Gasteiger partial charge in [-0.15, -0.1) is 6.58 Å². The maximum atomic E-state index is 11.7. The zero-order valence-electron chi connectivity index (χ0n) is 10.7. The first-order valence-electron chi connectivity index (χ1n) is 5.77. The van der Waals surface area contributed by atoms with E-state index in [1.54, 1.807) is 18.2 Å². The van der Waals surface area contributed by atoms with E-state index in [9.17, 15) is 14.9 Å². The van der Waals surface area contributed by atoms with Crippen LogP contribution < -0.4 is 0 Å². The second kappa shape index (κ2) is 7.09. The van der Waals surface area contributed by atoms with Crippen LogP contribution in [0.2, 0.25) is 0 Å².